The monoisotopic (exact) mass is 431 g/mol. The highest BCUT2D eigenvalue weighted by Crippen LogP contribution is 2.28. The summed E-state index contributed by atoms with van der Waals surface area (Å²) in [5.74, 6) is -0.286. The Bertz CT molecular complexity index is 747. The number of thiocarbonyl (C=S) groups is 1. The van der Waals surface area contributed by atoms with E-state index in [-0.39, 0.29) is 23.3 Å². The summed E-state index contributed by atoms with van der Waals surface area (Å²) in [6, 6.07) is 5.53. The molecule has 6 nitrogen and oxygen atoms in total. The number of amides is 1. The number of carbonyl (C=O) groups excluding carboxylic acids is 1. The number of halogens is 3. The molecule has 160 valence electrons. The van der Waals surface area contributed by atoms with Crippen LogP contribution in [0.1, 0.15) is 26.7 Å². The van der Waals surface area contributed by atoms with E-state index in [2.05, 4.69) is 23.9 Å². The molecule has 0 aliphatic carbocycles. The molecule has 2 fully saturated rings. The van der Waals surface area contributed by atoms with Gasteiger partial charge in [-0.1, -0.05) is 13.8 Å². The third-order valence-electron chi connectivity index (χ3n) is 4.95. The summed E-state index contributed by atoms with van der Waals surface area (Å²) in [6.07, 6.45) is -3.44. The minimum Gasteiger partial charge on any atom is -0.449 e. The number of nitrogens with zero attached hydrogens (tertiary/aromatic N) is 2. The van der Waals surface area contributed by atoms with E-state index in [0.29, 0.717) is 37.0 Å². The first-order valence-electron chi connectivity index (χ1n) is 9.38. The fourth-order valence-corrected chi connectivity index (χ4v) is 3.81. The van der Waals surface area contributed by atoms with Crippen LogP contribution in [-0.4, -0.2) is 59.7 Å². The predicted octanol–water partition coefficient (Wildman–Crippen LogP) is 4.22. The lowest BCUT2D eigenvalue weighted by Gasteiger charge is -2.44. The summed E-state index contributed by atoms with van der Waals surface area (Å²) in [5, 5.41) is 3.53. The van der Waals surface area contributed by atoms with Gasteiger partial charge in [0.1, 0.15) is 5.75 Å². The number of hydrogen-bond donors (Lipinski definition) is 1. The van der Waals surface area contributed by atoms with Crippen molar-refractivity contribution in [2.24, 2.45) is 5.41 Å². The number of cyclic esters (lactones) is 1. The number of likely N-dealkylation sites (tertiary alicyclic amines) is 1. The van der Waals surface area contributed by atoms with E-state index < -0.39 is 6.36 Å². The van der Waals surface area contributed by atoms with Crippen LogP contribution >= 0.6 is 12.2 Å². The third-order valence-corrected chi connectivity index (χ3v) is 5.31. The molecule has 1 N–H and O–H groups in total. The summed E-state index contributed by atoms with van der Waals surface area (Å²) in [6.45, 7) is 6.61. The van der Waals surface area contributed by atoms with Gasteiger partial charge in [0, 0.05) is 36.8 Å². The van der Waals surface area contributed by atoms with Gasteiger partial charge in [0.15, 0.2) is 5.11 Å². The molecule has 2 heterocycles. The van der Waals surface area contributed by atoms with Gasteiger partial charge in [-0.2, -0.15) is 0 Å². The van der Waals surface area contributed by atoms with Crippen LogP contribution in [0.2, 0.25) is 0 Å². The Hall–Kier alpha value is -2.23. The second-order valence-corrected chi connectivity index (χ2v) is 8.45. The first-order valence-corrected chi connectivity index (χ1v) is 9.78. The smallest absolute Gasteiger partial charge is 0.449 e. The van der Waals surface area contributed by atoms with Gasteiger partial charge in [-0.25, -0.2) is 4.79 Å². The Balaban J connectivity index is 1.50. The van der Waals surface area contributed by atoms with Crippen molar-refractivity contribution < 1.29 is 27.4 Å². The highest BCUT2D eigenvalue weighted by atomic mass is 32.1. The van der Waals surface area contributed by atoms with E-state index in [1.54, 1.807) is 0 Å². The average Bonchev–Trinajstić information content (AvgIpc) is 2.64. The summed E-state index contributed by atoms with van der Waals surface area (Å²) in [4.78, 5) is 15.9. The van der Waals surface area contributed by atoms with Gasteiger partial charge < -0.3 is 24.6 Å². The van der Waals surface area contributed by atoms with Crippen LogP contribution in [0.15, 0.2) is 24.3 Å². The van der Waals surface area contributed by atoms with Crippen LogP contribution in [0.3, 0.4) is 0 Å². The topological polar surface area (TPSA) is 54.0 Å². The molecule has 0 aromatic heterocycles. The zero-order valence-electron chi connectivity index (χ0n) is 16.3. The van der Waals surface area contributed by atoms with Gasteiger partial charge in [0.2, 0.25) is 0 Å². The zero-order chi connectivity index (χ0) is 21.2. The summed E-state index contributed by atoms with van der Waals surface area (Å²) < 4.78 is 45.9. The van der Waals surface area contributed by atoms with Crippen molar-refractivity contribution >= 4 is 29.1 Å². The minimum atomic E-state index is -4.72. The molecule has 2 aliphatic rings. The highest BCUT2D eigenvalue weighted by molar-refractivity contribution is 7.80. The maximum atomic E-state index is 12.2. The number of benzene rings is 1. The molecule has 2 saturated heterocycles. The lowest BCUT2D eigenvalue weighted by molar-refractivity contribution is -0.274. The molecule has 0 atom stereocenters. The van der Waals surface area contributed by atoms with Crippen LogP contribution in [0.25, 0.3) is 0 Å². The molecule has 0 saturated carbocycles. The lowest BCUT2D eigenvalue weighted by atomic mass is 9.91. The summed E-state index contributed by atoms with van der Waals surface area (Å²) >= 11 is 5.43. The number of carbonyl (C=O) groups is 1. The van der Waals surface area contributed by atoms with Crippen LogP contribution < -0.4 is 10.1 Å². The number of nitrogens with one attached hydrogen (secondary N) is 1. The molecular formula is C19H24F3N3O3S. The van der Waals surface area contributed by atoms with Crippen molar-refractivity contribution in [3.63, 3.8) is 0 Å². The second kappa shape index (κ2) is 8.25. The fourth-order valence-electron chi connectivity index (χ4n) is 3.51. The van der Waals surface area contributed by atoms with Crippen molar-refractivity contribution in [2.75, 3.05) is 31.6 Å². The molecule has 29 heavy (non-hydrogen) atoms. The van der Waals surface area contributed by atoms with Gasteiger partial charge in [-0.3, -0.25) is 0 Å². The average molecular weight is 431 g/mol. The number of hydrogen-bond acceptors (Lipinski definition) is 4. The van der Waals surface area contributed by atoms with Crippen molar-refractivity contribution in [2.45, 2.75) is 39.1 Å². The molecule has 3 rings (SSSR count). The first kappa shape index (κ1) is 21.5. The Kier molecular flexibility index (Phi) is 6.11. The van der Waals surface area contributed by atoms with Gasteiger partial charge in [-0.15, -0.1) is 13.2 Å². The third kappa shape index (κ3) is 5.88. The quantitative estimate of drug-likeness (QED) is 0.723. The van der Waals surface area contributed by atoms with Gasteiger partial charge >= 0.3 is 12.5 Å². The molecule has 1 aromatic rings. The number of alkyl halides is 3. The molecule has 0 radical (unpaired) electrons. The SMILES string of the molecule is CC1(C)COC(=O)N(C2CCN(C(=S)Nc3ccc(OC(F)(F)F)cc3)CC2)C1. The molecule has 0 bridgehead atoms. The predicted molar refractivity (Wildman–Crippen MR) is 106 cm³/mol. The number of ether oxygens (including phenoxy) is 2. The first-order chi connectivity index (χ1) is 13.5. The van der Waals surface area contributed by atoms with E-state index >= 15 is 0 Å². The Labute approximate surface area is 172 Å². The second-order valence-electron chi connectivity index (χ2n) is 8.07. The Morgan fingerprint density at radius 2 is 1.86 bits per heavy atom. The molecule has 1 aromatic carbocycles. The molecule has 1 amide bonds. The van der Waals surface area contributed by atoms with Crippen LogP contribution in [0.5, 0.6) is 5.75 Å². The van der Waals surface area contributed by atoms with E-state index in [1.165, 1.54) is 24.3 Å². The van der Waals surface area contributed by atoms with Crippen molar-refractivity contribution in [1.29, 1.82) is 0 Å². The zero-order valence-corrected chi connectivity index (χ0v) is 17.1. The maximum absolute atomic E-state index is 12.2. The normalized spacial score (nSPS) is 20.2. The standard InChI is InChI=1S/C19H24F3N3O3S/c1-18(2)11-25(17(26)27-12-18)14-7-9-24(10-8-14)16(29)23-13-3-5-15(6-4-13)28-19(20,21)22/h3-6,14H,7-12H2,1-2H3,(H,23,29). The van der Waals surface area contributed by atoms with E-state index in [4.69, 9.17) is 17.0 Å². The molecule has 10 heteroatoms. The summed E-state index contributed by atoms with van der Waals surface area (Å²) in [5.41, 5.74) is 0.511. The molecule has 0 unspecified atom stereocenters. The fraction of sp³-hybridized carbons (Fsp3) is 0.579. The van der Waals surface area contributed by atoms with Crippen LogP contribution in [0.4, 0.5) is 23.7 Å². The van der Waals surface area contributed by atoms with Crippen molar-refractivity contribution in [3.05, 3.63) is 24.3 Å². The largest absolute Gasteiger partial charge is 0.573 e. The van der Waals surface area contributed by atoms with Crippen LogP contribution in [-0.2, 0) is 4.74 Å². The van der Waals surface area contributed by atoms with Gasteiger partial charge in [0.05, 0.1) is 6.61 Å². The highest BCUT2D eigenvalue weighted by Gasteiger charge is 2.38. The number of rotatable bonds is 3. The number of anilines is 1. The van der Waals surface area contributed by atoms with Crippen molar-refractivity contribution in [1.82, 2.24) is 9.80 Å². The Morgan fingerprint density at radius 1 is 1.24 bits per heavy atom. The van der Waals surface area contributed by atoms with Gasteiger partial charge in [0.25, 0.3) is 0 Å². The van der Waals surface area contributed by atoms with E-state index in [9.17, 15) is 18.0 Å². The number of piperidine rings is 1. The Morgan fingerprint density at radius 3 is 2.45 bits per heavy atom. The minimum absolute atomic E-state index is 0.0656. The van der Waals surface area contributed by atoms with Crippen LogP contribution in [0, 0.1) is 5.41 Å². The maximum Gasteiger partial charge on any atom is 0.573 e. The molecular weight excluding hydrogens is 407 g/mol. The van der Waals surface area contributed by atoms with E-state index in [1.807, 2.05) is 9.80 Å². The molecule has 2 aliphatic heterocycles. The van der Waals surface area contributed by atoms with Gasteiger partial charge in [-0.05, 0) is 49.3 Å². The molecule has 0 spiro atoms. The summed E-state index contributed by atoms with van der Waals surface area (Å²) in [7, 11) is 0. The van der Waals surface area contributed by atoms with E-state index in [0.717, 1.165) is 12.8 Å². The van der Waals surface area contributed by atoms with Crippen molar-refractivity contribution in [3.8, 4) is 5.75 Å². The lowest BCUT2D eigenvalue weighted by Crippen LogP contribution is -2.55.